The number of benzene rings is 1. The third kappa shape index (κ3) is 2.51. The summed E-state index contributed by atoms with van der Waals surface area (Å²) in [6, 6.07) is 9.35. The number of aromatic amines is 1. The van der Waals surface area contributed by atoms with Gasteiger partial charge in [-0.2, -0.15) is 0 Å². The van der Waals surface area contributed by atoms with Gasteiger partial charge in [0.25, 0.3) is 0 Å². The highest BCUT2D eigenvalue weighted by Crippen LogP contribution is 2.25. The minimum atomic E-state index is -0.956. The number of carboxylic acid groups (broad SMARTS) is 1. The van der Waals surface area contributed by atoms with Gasteiger partial charge >= 0.3 is 5.97 Å². The third-order valence-electron chi connectivity index (χ3n) is 2.90. The average molecular weight is 246 g/mol. The summed E-state index contributed by atoms with van der Waals surface area (Å²) >= 11 is 0. The van der Waals surface area contributed by atoms with E-state index in [9.17, 15) is 14.7 Å². The van der Waals surface area contributed by atoms with Gasteiger partial charge < -0.3 is 15.8 Å². The molecule has 1 aromatic heterocycles. The topological polar surface area (TPSA) is 96.2 Å². The fourth-order valence-electron chi connectivity index (χ4n) is 1.98. The number of fused-ring (bicyclic) bond motifs is 1. The van der Waals surface area contributed by atoms with Gasteiger partial charge in [-0.25, -0.2) is 0 Å². The van der Waals surface area contributed by atoms with Crippen LogP contribution in [0.15, 0.2) is 30.3 Å². The lowest BCUT2D eigenvalue weighted by Gasteiger charge is -2.08. The second kappa shape index (κ2) is 4.91. The van der Waals surface area contributed by atoms with Crippen molar-refractivity contribution in [1.82, 2.24) is 4.98 Å². The number of aliphatic carboxylic acids is 1. The highest BCUT2D eigenvalue weighted by molar-refractivity contribution is 5.84. The van der Waals surface area contributed by atoms with Crippen LogP contribution in [0.3, 0.4) is 0 Å². The molecule has 1 unspecified atom stereocenters. The first-order valence-electron chi connectivity index (χ1n) is 5.66. The van der Waals surface area contributed by atoms with Crippen LogP contribution in [0, 0.1) is 0 Å². The molecule has 2 rings (SSSR count). The second-order valence-corrected chi connectivity index (χ2v) is 4.21. The van der Waals surface area contributed by atoms with E-state index >= 15 is 0 Å². The fourth-order valence-corrected chi connectivity index (χ4v) is 1.98. The lowest BCUT2D eigenvalue weighted by Crippen LogP contribution is -2.17. The number of carboxylic acids is 1. The summed E-state index contributed by atoms with van der Waals surface area (Å²) in [6.45, 7) is 0. The van der Waals surface area contributed by atoms with Crippen LogP contribution in [-0.2, 0) is 9.59 Å². The largest absolute Gasteiger partial charge is 0.481 e. The summed E-state index contributed by atoms with van der Waals surface area (Å²) in [6.07, 6.45) is 0.268. The zero-order valence-electron chi connectivity index (χ0n) is 9.72. The van der Waals surface area contributed by atoms with E-state index in [-0.39, 0.29) is 12.8 Å². The highest BCUT2D eigenvalue weighted by atomic mass is 16.4. The Morgan fingerprint density at radius 1 is 1.33 bits per heavy atom. The molecule has 94 valence electrons. The number of para-hydroxylation sites is 1. The normalized spacial score (nSPS) is 12.4. The Morgan fingerprint density at radius 2 is 2.06 bits per heavy atom. The molecule has 0 bridgehead atoms. The molecule has 1 heterocycles. The summed E-state index contributed by atoms with van der Waals surface area (Å²) in [5.74, 6) is -2.18. The predicted molar refractivity (Wildman–Crippen MR) is 67.1 cm³/mol. The Hall–Kier alpha value is -2.30. The Bertz CT molecular complexity index is 556. The lowest BCUT2D eigenvalue weighted by atomic mass is 9.99. The van der Waals surface area contributed by atoms with Crippen LogP contribution in [0.4, 0.5) is 0 Å². The highest BCUT2D eigenvalue weighted by Gasteiger charge is 2.22. The van der Waals surface area contributed by atoms with Gasteiger partial charge in [-0.05, 0) is 23.9 Å². The van der Waals surface area contributed by atoms with E-state index in [2.05, 4.69) is 4.98 Å². The standard InChI is InChI=1S/C13H14N2O3/c14-12(16)6-5-9(13(17)18)11-7-8-3-1-2-4-10(8)15-11/h1-4,7,9,15H,5-6H2,(H2,14,16)(H,17,18). The molecule has 2 aromatic rings. The summed E-state index contributed by atoms with van der Waals surface area (Å²) < 4.78 is 0. The van der Waals surface area contributed by atoms with E-state index in [0.717, 1.165) is 10.9 Å². The lowest BCUT2D eigenvalue weighted by molar-refractivity contribution is -0.139. The first-order valence-corrected chi connectivity index (χ1v) is 5.66. The van der Waals surface area contributed by atoms with Gasteiger partial charge in [0.15, 0.2) is 0 Å². The maximum atomic E-state index is 11.2. The van der Waals surface area contributed by atoms with Crippen LogP contribution >= 0.6 is 0 Å². The maximum absolute atomic E-state index is 11.2. The van der Waals surface area contributed by atoms with Crippen molar-refractivity contribution in [2.75, 3.05) is 0 Å². The molecule has 0 aliphatic rings. The number of primary amides is 1. The first kappa shape index (κ1) is 12.2. The molecule has 0 radical (unpaired) electrons. The number of nitrogens with one attached hydrogen (secondary N) is 1. The van der Waals surface area contributed by atoms with Crippen LogP contribution in [0.2, 0.25) is 0 Å². The molecule has 0 spiro atoms. The molecule has 0 aliphatic heterocycles. The number of hydrogen-bond acceptors (Lipinski definition) is 2. The van der Waals surface area contributed by atoms with Crippen molar-refractivity contribution in [3.8, 4) is 0 Å². The number of carbonyl (C=O) groups is 2. The van der Waals surface area contributed by atoms with Crippen LogP contribution in [0.25, 0.3) is 10.9 Å². The molecular formula is C13H14N2O3. The van der Waals surface area contributed by atoms with Gasteiger partial charge in [-0.15, -0.1) is 0 Å². The van der Waals surface area contributed by atoms with Crippen LogP contribution in [0.5, 0.6) is 0 Å². The van der Waals surface area contributed by atoms with Crippen molar-refractivity contribution in [2.45, 2.75) is 18.8 Å². The van der Waals surface area contributed by atoms with Crippen molar-refractivity contribution in [1.29, 1.82) is 0 Å². The number of rotatable bonds is 5. The number of amides is 1. The van der Waals surface area contributed by atoms with Crippen molar-refractivity contribution in [3.05, 3.63) is 36.0 Å². The molecule has 0 saturated carbocycles. The van der Waals surface area contributed by atoms with Crippen molar-refractivity contribution in [2.24, 2.45) is 5.73 Å². The molecule has 1 amide bonds. The molecule has 4 N–H and O–H groups in total. The van der Waals surface area contributed by atoms with Crippen molar-refractivity contribution >= 4 is 22.8 Å². The molecule has 5 nitrogen and oxygen atoms in total. The van der Waals surface area contributed by atoms with E-state index in [0.29, 0.717) is 5.69 Å². The molecule has 0 aliphatic carbocycles. The molecule has 18 heavy (non-hydrogen) atoms. The monoisotopic (exact) mass is 246 g/mol. The second-order valence-electron chi connectivity index (χ2n) is 4.21. The van der Waals surface area contributed by atoms with Gasteiger partial charge in [0.05, 0.1) is 5.92 Å². The number of aromatic nitrogens is 1. The van der Waals surface area contributed by atoms with E-state index < -0.39 is 17.8 Å². The molecule has 5 heteroatoms. The number of carbonyl (C=O) groups excluding carboxylic acids is 1. The Morgan fingerprint density at radius 3 is 2.67 bits per heavy atom. The smallest absolute Gasteiger partial charge is 0.312 e. The number of H-pyrrole nitrogens is 1. The van der Waals surface area contributed by atoms with Crippen LogP contribution < -0.4 is 5.73 Å². The third-order valence-corrected chi connectivity index (χ3v) is 2.90. The zero-order chi connectivity index (χ0) is 13.1. The Kier molecular flexibility index (Phi) is 3.32. The average Bonchev–Trinajstić information content (AvgIpc) is 2.71. The minimum Gasteiger partial charge on any atom is -0.481 e. The summed E-state index contributed by atoms with van der Waals surface area (Å²) in [5.41, 5.74) is 6.54. The minimum absolute atomic E-state index is 0.0618. The summed E-state index contributed by atoms with van der Waals surface area (Å²) in [4.78, 5) is 25.0. The summed E-state index contributed by atoms with van der Waals surface area (Å²) in [5, 5.41) is 10.1. The molecule has 0 saturated heterocycles. The zero-order valence-corrected chi connectivity index (χ0v) is 9.72. The van der Waals surface area contributed by atoms with Crippen LogP contribution in [0.1, 0.15) is 24.5 Å². The molecule has 1 atom stereocenters. The van der Waals surface area contributed by atoms with E-state index in [4.69, 9.17) is 5.73 Å². The first-order chi connectivity index (χ1) is 8.58. The maximum Gasteiger partial charge on any atom is 0.312 e. The summed E-state index contributed by atoms with van der Waals surface area (Å²) in [7, 11) is 0. The quantitative estimate of drug-likeness (QED) is 0.747. The van der Waals surface area contributed by atoms with Gasteiger partial charge in [-0.3, -0.25) is 9.59 Å². The Balaban J connectivity index is 2.29. The van der Waals surface area contributed by atoms with E-state index in [1.54, 1.807) is 6.07 Å². The van der Waals surface area contributed by atoms with Gasteiger partial charge in [0, 0.05) is 17.6 Å². The molecule has 0 fully saturated rings. The SMILES string of the molecule is NC(=O)CCC(C(=O)O)c1cc2ccccc2[nH]1. The Labute approximate surface area is 104 Å². The van der Waals surface area contributed by atoms with E-state index in [1.165, 1.54) is 0 Å². The fraction of sp³-hybridized carbons (Fsp3) is 0.231. The molecular weight excluding hydrogens is 232 g/mol. The van der Waals surface area contributed by atoms with Gasteiger partial charge in [-0.1, -0.05) is 18.2 Å². The van der Waals surface area contributed by atoms with Crippen molar-refractivity contribution < 1.29 is 14.7 Å². The number of nitrogens with two attached hydrogens (primary N) is 1. The van der Waals surface area contributed by atoms with E-state index in [1.807, 2.05) is 24.3 Å². The van der Waals surface area contributed by atoms with Gasteiger partial charge in [0.2, 0.25) is 5.91 Å². The number of hydrogen-bond donors (Lipinski definition) is 3. The predicted octanol–water partition coefficient (Wildman–Crippen LogP) is 1.60. The van der Waals surface area contributed by atoms with Gasteiger partial charge in [0.1, 0.15) is 0 Å². The molecule has 1 aromatic carbocycles. The van der Waals surface area contributed by atoms with Crippen molar-refractivity contribution in [3.63, 3.8) is 0 Å². The van der Waals surface area contributed by atoms with Crippen LogP contribution in [-0.4, -0.2) is 22.0 Å².